The highest BCUT2D eigenvalue weighted by molar-refractivity contribution is 7.88. The maximum atomic E-state index is 11.4. The molecule has 130 valence electrons. The van der Waals surface area contributed by atoms with Gasteiger partial charge < -0.3 is 10.2 Å². The second kappa shape index (κ2) is 7.64. The van der Waals surface area contributed by atoms with Gasteiger partial charge in [-0.1, -0.05) is 12.1 Å². The highest BCUT2D eigenvalue weighted by atomic mass is 32.2. The molecule has 1 fully saturated rings. The smallest absolute Gasteiger partial charge is 0.210 e. The Labute approximate surface area is 140 Å². The van der Waals surface area contributed by atoms with E-state index >= 15 is 0 Å². The molecule has 0 aromatic heterocycles. The van der Waals surface area contributed by atoms with Crippen molar-refractivity contribution in [3.05, 3.63) is 29.3 Å². The second-order valence-electron chi connectivity index (χ2n) is 6.52. The van der Waals surface area contributed by atoms with E-state index in [9.17, 15) is 8.42 Å². The molecule has 1 aromatic carbocycles. The van der Waals surface area contributed by atoms with Crippen LogP contribution in [0.2, 0.25) is 0 Å². The normalized spacial score (nSPS) is 17.0. The third kappa shape index (κ3) is 4.93. The predicted octanol–water partition coefficient (Wildman–Crippen LogP) is 1.75. The first-order chi connectivity index (χ1) is 10.8. The van der Waals surface area contributed by atoms with Crippen molar-refractivity contribution in [3.8, 4) is 0 Å². The number of hydrogen-bond donors (Lipinski definition) is 1. The number of piperidine rings is 1. The van der Waals surface area contributed by atoms with E-state index in [4.69, 9.17) is 0 Å². The molecule has 1 aliphatic rings. The minimum absolute atomic E-state index is 0.476. The molecule has 0 atom stereocenters. The van der Waals surface area contributed by atoms with Crippen LogP contribution in [0.5, 0.6) is 0 Å². The second-order valence-corrected chi connectivity index (χ2v) is 8.61. The van der Waals surface area contributed by atoms with Crippen LogP contribution in [0.1, 0.15) is 24.0 Å². The van der Waals surface area contributed by atoms with E-state index in [1.165, 1.54) is 27.4 Å². The Balaban J connectivity index is 1.79. The number of anilines is 1. The summed E-state index contributed by atoms with van der Waals surface area (Å²) in [5, 5.41) is 3.49. The molecule has 2 rings (SSSR count). The molecular formula is C17H29N3O2S. The summed E-state index contributed by atoms with van der Waals surface area (Å²) < 4.78 is 24.1. The Morgan fingerprint density at radius 1 is 1.26 bits per heavy atom. The fourth-order valence-electron chi connectivity index (χ4n) is 2.99. The third-order valence-corrected chi connectivity index (χ3v) is 6.15. The van der Waals surface area contributed by atoms with E-state index in [-0.39, 0.29) is 0 Å². The van der Waals surface area contributed by atoms with Crippen LogP contribution in [-0.4, -0.2) is 58.2 Å². The minimum atomic E-state index is -3.07. The van der Waals surface area contributed by atoms with Crippen molar-refractivity contribution >= 4 is 15.7 Å². The minimum Gasteiger partial charge on any atom is -0.371 e. The summed E-state index contributed by atoms with van der Waals surface area (Å²) in [6.07, 6.45) is 3.43. The molecule has 0 spiro atoms. The van der Waals surface area contributed by atoms with Gasteiger partial charge in [0, 0.05) is 45.0 Å². The van der Waals surface area contributed by atoms with Crippen molar-refractivity contribution in [1.29, 1.82) is 0 Å². The van der Waals surface area contributed by atoms with Crippen molar-refractivity contribution < 1.29 is 8.42 Å². The average Bonchev–Trinajstić information content (AvgIpc) is 2.50. The number of nitrogens with one attached hydrogen (secondary N) is 1. The summed E-state index contributed by atoms with van der Waals surface area (Å²) in [5.74, 6) is 0. The summed E-state index contributed by atoms with van der Waals surface area (Å²) in [7, 11) is -1.45. The molecular weight excluding hydrogens is 310 g/mol. The number of aryl methyl sites for hydroxylation is 1. The number of rotatable bonds is 6. The highest BCUT2D eigenvalue weighted by Gasteiger charge is 2.20. The predicted molar refractivity (Wildman–Crippen MR) is 96.6 cm³/mol. The number of nitrogens with zero attached hydrogens (tertiary/aromatic N) is 2. The summed E-state index contributed by atoms with van der Waals surface area (Å²) in [4.78, 5) is 2.46. The van der Waals surface area contributed by atoms with Gasteiger partial charge in [-0.25, -0.2) is 12.7 Å². The first kappa shape index (κ1) is 18.2. The quantitative estimate of drug-likeness (QED) is 0.858. The van der Waals surface area contributed by atoms with E-state index in [1.807, 2.05) is 0 Å². The summed E-state index contributed by atoms with van der Waals surface area (Å²) in [6.45, 7) is 7.67. The largest absolute Gasteiger partial charge is 0.371 e. The van der Waals surface area contributed by atoms with Gasteiger partial charge in [0.05, 0.1) is 6.26 Å². The maximum absolute atomic E-state index is 11.4. The molecule has 1 aromatic rings. The van der Waals surface area contributed by atoms with Crippen molar-refractivity contribution in [2.75, 3.05) is 44.4 Å². The van der Waals surface area contributed by atoms with Crippen LogP contribution in [-0.2, 0) is 10.0 Å². The van der Waals surface area contributed by atoms with E-state index in [0.29, 0.717) is 19.1 Å². The van der Waals surface area contributed by atoms with Gasteiger partial charge in [-0.15, -0.1) is 0 Å². The Hall–Kier alpha value is -1.11. The fraction of sp³-hybridized carbons (Fsp3) is 0.647. The lowest BCUT2D eigenvalue weighted by Gasteiger charge is -2.35. The molecule has 0 radical (unpaired) electrons. The monoisotopic (exact) mass is 339 g/mol. The van der Waals surface area contributed by atoms with Crippen LogP contribution in [0, 0.1) is 13.8 Å². The third-order valence-electron chi connectivity index (χ3n) is 4.84. The topological polar surface area (TPSA) is 52.6 Å². The van der Waals surface area contributed by atoms with Gasteiger partial charge in [-0.2, -0.15) is 0 Å². The Morgan fingerprint density at radius 3 is 2.52 bits per heavy atom. The van der Waals surface area contributed by atoms with Gasteiger partial charge in [0.2, 0.25) is 10.0 Å². The number of likely N-dealkylation sites (N-methyl/N-ethyl adjacent to an activating group) is 1. The zero-order valence-corrected chi connectivity index (χ0v) is 15.5. The van der Waals surface area contributed by atoms with Gasteiger partial charge in [0.15, 0.2) is 0 Å². The number of benzene rings is 1. The van der Waals surface area contributed by atoms with Gasteiger partial charge >= 0.3 is 0 Å². The molecule has 6 heteroatoms. The zero-order valence-electron chi connectivity index (χ0n) is 14.7. The Morgan fingerprint density at radius 2 is 1.91 bits per heavy atom. The molecule has 1 N–H and O–H groups in total. The summed E-state index contributed by atoms with van der Waals surface area (Å²) in [6, 6.07) is 6.97. The van der Waals surface area contributed by atoms with Crippen molar-refractivity contribution in [2.24, 2.45) is 0 Å². The molecule has 0 unspecified atom stereocenters. The van der Waals surface area contributed by atoms with Crippen LogP contribution in [0.4, 0.5) is 5.69 Å². The summed E-state index contributed by atoms with van der Waals surface area (Å²) in [5.41, 5.74) is 4.06. The van der Waals surface area contributed by atoms with E-state index in [2.05, 4.69) is 42.3 Å². The molecule has 1 saturated heterocycles. The molecule has 0 saturated carbocycles. The molecule has 23 heavy (non-hydrogen) atoms. The van der Waals surface area contributed by atoms with Crippen molar-refractivity contribution in [2.45, 2.75) is 32.7 Å². The first-order valence-corrected chi connectivity index (χ1v) is 10.1. The number of hydrogen-bond acceptors (Lipinski definition) is 4. The molecule has 5 nitrogen and oxygen atoms in total. The SMILES string of the molecule is Cc1cccc(N2CCC(NCCN(C)S(C)(=O)=O)CC2)c1C. The summed E-state index contributed by atoms with van der Waals surface area (Å²) >= 11 is 0. The van der Waals surface area contributed by atoms with E-state index in [0.717, 1.165) is 25.9 Å². The molecule has 0 aliphatic carbocycles. The lowest BCUT2D eigenvalue weighted by Crippen LogP contribution is -2.45. The number of sulfonamides is 1. The van der Waals surface area contributed by atoms with Gasteiger partial charge in [0.1, 0.15) is 0 Å². The lowest BCUT2D eigenvalue weighted by atomic mass is 10.0. The molecule has 1 aliphatic heterocycles. The first-order valence-electron chi connectivity index (χ1n) is 8.25. The van der Waals surface area contributed by atoms with Gasteiger partial charge in [-0.3, -0.25) is 0 Å². The van der Waals surface area contributed by atoms with Crippen LogP contribution >= 0.6 is 0 Å². The van der Waals surface area contributed by atoms with Crippen molar-refractivity contribution in [1.82, 2.24) is 9.62 Å². The Kier molecular flexibility index (Phi) is 6.06. The lowest BCUT2D eigenvalue weighted by molar-refractivity contribution is 0.390. The molecule has 0 amide bonds. The van der Waals surface area contributed by atoms with Crippen LogP contribution < -0.4 is 10.2 Å². The molecule has 0 bridgehead atoms. The van der Waals surface area contributed by atoms with Crippen LogP contribution in [0.25, 0.3) is 0 Å². The van der Waals surface area contributed by atoms with Crippen LogP contribution in [0.15, 0.2) is 18.2 Å². The fourth-order valence-corrected chi connectivity index (χ4v) is 3.42. The zero-order chi connectivity index (χ0) is 17.0. The maximum Gasteiger partial charge on any atom is 0.210 e. The standard InChI is InChI=1S/C17H29N3O2S/c1-14-6-5-7-17(15(14)2)20-11-8-16(9-12-20)18-10-13-19(3)23(4,21)22/h5-7,16,18H,8-13H2,1-4H3. The van der Waals surface area contributed by atoms with Crippen molar-refractivity contribution in [3.63, 3.8) is 0 Å². The molecule has 1 heterocycles. The van der Waals surface area contributed by atoms with E-state index < -0.39 is 10.0 Å². The average molecular weight is 340 g/mol. The van der Waals surface area contributed by atoms with Gasteiger partial charge in [-0.05, 0) is 43.9 Å². The van der Waals surface area contributed by atoms with E-state index in [1.54, 1.807) is 7.05 Å². The highest BCUT2D eigenvalue weighted by Crippen LogP contribution is 2.25. The van der Waals surface area contributed by atoms with Gasteiger partial charge in [0.25, 0.3) is 0 Å². The Bertz CT molecular complexity index is 623. The van der Waals surface area contributed by atoms with Crippen LogP contribution in [0.3, 0.4) is 0 Å².